The molecule has 0 atom stereocenters. The summed E-state index contributed by atoms with van der Waals surface area (Å²) in [5.74, 6) is 0.0557. The molecule has 3 heteroatoms. The molecule has 0 fully saturated rings. The van der Waals surface area contributed by atoms with Crippen LogP contribution in [-0.4, -0.2) is 26.0 Å². The minimum atomic E-state index is -0.521. The van der Waals surface area contributed by atoms with E-state index in [0.717, 1.165) is 17.8 Å². The minimum Gasteiger partial charge on any atom is -0.373 e. The number of para-hydroxylation sites is 1. The maximum absolute atomic E-state index is 12.5. The van der Waals surface area contributed by atoms with Gasteiger partial charge in [0.2, 0.25) is 5.91 Å². The number of amides is 1. The quantitative estimate of drug-likeness (QED) is 0.887. The van der Waals surface area contributed by atoms with Crippen LogP contribution in [0.2, 0.25) is 0 Å². The van der Waals surface area contributed by atoms with Gasteiger partial charge in [-0.2, -0.15) is 0 Å². The Balaban J connectivity index is 1.88. The van der Waals surface area contributed by atoms with Crippen molar-refractivity contribution in [3.8, 4) is 0 Å². The lowest BCUT2D eigenvalue weighted by molar-refractivity contribution is -0.125. The first-order valence-corrected chi connectivity index (χ1v) is 7.62. The highest BCUT2D eigenvalue weighted by atomic mass is 16.2. The van der Waals surface area contributed by atoms with Crippen molar-refractivity contribution in [2.24, 2.45) is 0 Å². The predicted molar refractivity (Wildman–Crippen MR) is 92.2 cm³/mol. The second kappa shape index (κ2) is 7.12. The van der Waals surface area contributed by atoms with E-state index in [2.05, 4.69) is 22.3 Å². The summed E-state index contributed by atoms with van der Waals surface area (Å²) in [6.45, 7) is 5.32. The molecule has 0 heterocycles. The van der Waals surface area contributed by atoms with Crippen molar-refractivity contribution in [3.63, 3.8) is 0 Å². The van der Waals surface area contributed by atoms with Gasteiger partial charge in [-0.15, -0.1) is 0 Å². The zero-order valence-electron chi connectivity index (χ0n) is 13.5. The van der Waals surface area contributed by atoms with Crippen molar-refractivity contribution in [2.75, 3.05) is 25.0 Å². The number of carbonyl (C=O) groups is 1. The first-order valence-electron chi connectivity index (χ1n) is 7.62. The Bertz CT molecular complexity index is 593. The lowest BCUT2D eigenvalue weighted by Crippen LogP contribution is -2.42. The van der Waals surface area contributed by atoms with E-state index in [0.29, 0.717) is 6.54 Å². The average molecular weight is 296 g/mol. The first-order chi connectivity index (χ1) is 10.5. The molecule has 0 aliphatic heterocycles. The summed E-state index contributed by atoms with van der Waals surface area (Å²) in [4.78, 5) is 14.6. The first kappa shape index (κ1) is 16.1. The van der Waals surface area contributed by atoms with Gasteiger partial charge in [-0.05, 0) is 31.5 Å². The Morgan fingerprint density at radius 1 is 1.00 bits per heavy atom. The summed E-state index contributed by atoms with van der Waals surface area (Å²) in [6, 6.07) is 20.1. The molecule has 0 bridgehead atoms. The highest BCUT2D eigenvalue weighted by Crippen LogP contribution is 2.22. The molecule has 0 radical (unpaired) electrons. The number of hydrogen-bond donors (Lipinski definition) is 1. The topological polar surface area (TPSA) is 32.3 Å². The number of benzene rings is 2. The normalized spacial score (nSPS) is 11.0. The smallest absolute Gasteiger partial charge is 0.230 e. The molecule has 2 aromatic rings. The second-order valence-electron chi connectivity index (χ2n) is 6.00. The molecule has 0 aromatic heterocycles. The standard InChI is InChI=1S/C19H24N2O/c1-19(2,16-10-6-4-7-11-16)18(22)20-14-15-21(3)17-12-8-5-9-13-17/h4-13H,14-15H2,1-3H3,(H,20,22). The van der Waals surface area contributed by atoms with Crippen LogP contribution in [0.4, 0.5) is 5.69 Å². The lowest BCUT2D eigenvalue weighted by atomic mass is 9.84. The molecule has 2 rings (SSSR count). The van der Waals surface area contributed by atoms with Crippen LogP contribution < -0.4 is 10.2 Å². The van der Waals surface area contributed by atoms with Gasteiger partial charge in [0.15, 0.2) is 0 Å². The Hall–Kier alpha value is -2.29. The van der Waals surface area contributed by atoms with Gasteiger partial charge in [0, 0.05) is 25.8 Å². The molecule has 1 N–H and O–H groups in total. The number of rotatable bonds is 6. The van der Waals surface area contributed by atoms with E-state index in [1.807, 2.05) is 69.4 Å². The number of carbonyl (C=O) groups excluding carboxylic acids is 1. The van der Waals surface area contributed by atoms with Gasteiger partial charge in [0.25, 0.3) is 0 Å². The molecule has 0 unspecified atom stereocenters. The van der Waals surface area contributed by atoms with Crippen molar-refractivity contribution in [1.29, 1.82) is 0 Å². The van der Waals surface area contributed by atoms with Crippen molar-refractivity contribution in [3.05, 3.63) is 66.2 Å². The van der Waals surface area contributed by atoms with E-state index < -0.39 is 5.41 Å². The summed E-state index contributed by atoms with van der Waals surface area (Å²) in [5, 5.41) is 3.04. The van der Waals surface area contributed by atoms with Crippen molar-refractivity contribution >= 4 is 11.6 Å². The van der Waals surface area contributed by atoms with E-state index in [1.54, 1.807) is 0 Å². The van der Waals surface area contributed by atoms with Gasteiger partial charge in [-0.3, -0.25) is 4.79 Å². The monoisotopic (exact) mass is 296 g/mol. The molecule has 22 heavy (non-hydrogen) atoms. The highest BCUT2D eigenvalue weighted by molar-refractivity contribution is 5.87. The van der Waals surface area contributed by atoms with Crippen LogP contribution in [0.5, 0.6) is 0 Å². The number of hydrogen-bond acceptors (Lipinski definition) is 2. The largest absolute Gasteiger partial charge is 0.373 e. The number of likely N-dealkylation sites (N-methyl/N-ethyl adjacent to an activating group) is 1. The van der Waals surface area contributed by atoms with Crippen LogP contribution in [0.15, 0.2) is 60.7 Å². The molecule has 0 aliphatic rings. The third-order valence-electron chi connectivity index (χ3n) is 3.99. The van der Waals surface area contributed by atoms with Gasteiger partial charge in [-0.1, -0.05) is 48.5 Å². The summed E-state index contributed by atoms with van der Waals surface area (Å²) in [7, 11) is 2.03. The van der Waals surface area contributed by atoms with Gasteiger partial charge < -0.3 is 10.2 Å². The fourth-order valence-electron chi connectivity index (χ4n) is 2.36. The maximum atomic E-state index is 12.5. The third-order valence-corrected chi connectivity index (χ3v) is 3.99. The maximum Gasteiger partial charge on any atom is 0.230 e. The van der Waals surface area contributed by atoms with E-state index in [4.69, 9.17) is 0 Å². The Morgan fingerprint density at radius 2 is 1.55 bits per heavy atom. The molecule has 0 saturated carbocycles. The number of nitrogens with zero attached hydrogens (tertiary/aromatic N) is 1. The fraction of sp³-hybridized carbons (Fsp3) is 0.316. The van der Waals surface area contributed by atoms with Crippen LogP contribution in [0, 0.1) is 0 Å². The molecule has 0 aliphatic carbocycles. The third kappa shape index (κ3) is 3.88. The Kier molecular flexibility index (Phi) is 5.21. The van der Waals surface area contributed by atoms with Gasteiger partial charge >= 0.3 is 0 Å². The predicted octanol–water partition coefficient (Wildman–Crippen LogP) is 3.22. The zero-order valence-corrected chi connectivity index (χ0v) is 13.5. The van der Waals surface area contributed by atoms with Gasteiger partial charge in [0.1, 0.15) is 0 Å². The fourth-order valence-corrected chi connectivity index (χ4v) is 2.36. The molecule has 0 spiro atoms. The lowest BCUT2D eigenvalue weighted by Gasteiger charge is -2.25. The van der Waals surface area contributed by atoms with Crippen molar-refractivity contribution < 1.29 is 4.79 Å². The van der Waals surface area contributed by atoms with E-state index >= 15 is 0 Å². The second-order valence-corrected chi connectivity index (χ2v) is 6.00. The summed E-state index contributed by atoms with van der Waals surface area (Å²) in [6.07, 6.45) is 0. The molecule has 116 valence electrons. The summed E-state index contributed by atoms with van der Waals surface area (Å²) in [5.41, 5.74) is 1.66. The average Bonchev–Trinajstić information content (AvgIpc) is 2.56. The van der Waals surface area contributed by atoms with Crippen LogP contribution in [0.3, 0.4) is 0 Å². The van der Waals surface area contributed by atoms with Crippen molar-refractivity contribution in [2.45, 2.75) is 19.3 Å². The van der Waals surface area contributed by atoms with Gasteiger partial charge in [-0.25, -0.2) is 0 Å². The Morgan fingerprint density at radius 3 is 2.14 bits per heavy atom. The van der Waals surface area contributed by atoms with E-state index in [-0.39, 0.29) is 5.91 Å². The summed E-state index contributed by atoms with van der Waals surface area (Å²) >= 11 is 0. The van der Waals surface area contributed by atoms with E-state index in [9.17, 15) is 4.79 Å². The molecular weight excluding hydrogens is 272 g/mol. The minimum absolute atomic E-state index is 0.0557. The van der Waals surface area contributed by atoms with Crippen LogP contribution in [0.1, 0.15) is 19.4 Å². The molecule has 0 saturated heterocycles. The SMILES string of the molecule is CN(CCNC(=O)C(C)(C)c1ccccc1)c1ccccc1. The Labute approximate surface area is 133 Å². The van der Waals surface area contributed by atoms with E-state index in [1.165, 1.54) is 0 Å². The van der Waals surface area contributed by atoms with Crippen LogP contribution in [-0.2, 0) is 10.2 Å². The summed E-state index contributed by atoms with van der Waals surface area (Å²) < 4.78 is 0. The molecular formula is C19H24N2O. The van der Waals surface area contributed by atoms with Crippen LogP contribution in [0.25, 0.3) is 0 Å². The highest BCUT2D eigenvalue weighted by Gasteiger charge is 2.29. The van der Waals surface area contributed by atoms with Crippen LogP contribution >= 0.6 is 0 Å². The molecule has 2 aromatic carbocycles. The zero-order chi connectivity index (χ0) is 16.0. The van der Waals surface area contributed by atoms with Crippen molar-refractivity contribution in [1.82, 2.24) is 5.32 Å². The number of anilines is 1. The molecule has 1 amide bonds. The van der Waals surface area contributed by atoms with Gasteiger partial charge in [0.05, 0.1) is 5.41 Å². The number of nitrogens with one attached hydrogen (secondary N) is 1. The molecule has 3 nitrogen and oxygen atoms in total.